The van der Waals surface area contributed by atoms with Gasteiger partial charge in [0.1, 0.15) is 0 Å². The van der Waals surface area contributed by atoms with Gasteiger partial charge >= 0.3 is 0 Å². The lowest BCUT2D eigenvalue weighted by Crippen LogP contribution is -2.22. The molecule has 0 amide bonds. The maximum atomic E-state index is 12.6. The molecule has 2 aliphatic rings. The molecule has 0 saturated carbocycles. The molecule has 0 aliphatic heterocycles. The third-order valence-corrected chi connectivity index (χ3v) is 7.25. The zero-order valence-electron chi connectivity index (χ0n) is 17.3. The average molecular weight is 403 g/mol. The van der Waals surface area contributed by atoms with Crippen molar-refractivity contribution in [2.75, 3.05) is 0 Å². The SMILES string of the molecule is Cc1ccc(S(=O)(=O)NN=C2C3=C(CCCCCCCCCC3)CC2C)cc1. The third-order valence-electron chi connectivity index (χ3n) is 6.03. The summed E-state index contributed by atoms with van der Waals surface area (Å²) < 4.78 is 25.3. The van der Waals surface area contributed by atoms with Gasteiger partial charge in [-0.1, -0.05) is 68.7 Å². The summed E-state index contributed by atoms with van der Waals surface area (Å²) >= 11 is 0. The summed E-state index contributed by atoms with van der Waals surface area (Å²) in [7, 11) is -3.63. The summed E-state index contributed by atoms with van der Waals surface area (Å²) in [6.45, 7) is 4.12. The maximum absolute atomic E-state index is 12.6. The van der Waals surface area contributed by atoms with Crippen molar-refractivity contribution < 1.29 is 8.42 Å². The van der Waals surface area contributed by atoms with Crippen molar-refractivity contribution in [3.05, 3.63) is 41.0 Å². The van der Waals surface area contributed by atoms with Gasteiger partial charge in [0, 0.05) is 5.92 Å². The molecule has 1 N–H and O–H groups in total. The summed E-state index contributed by atoms with van der Waals surface area (Å²) in [6, 6.07) is 6.90. The Kier molecular flexibility index (Phi) is 7.33. The molecule has 0 spiro atoms. The number of aryl methyl sites for hydroxylation is 1. The van der Waals surface area contributed by atoms with Gasteiger partial charge in [-0.25, -0.2) is 0 Å². The van der Waals surface area contributed by atoms with Gasteiger partial charge in [-0.3, -0.25) is 0 Å². The van der Waals surface area contributed by atoms with E-state index in [9.17, 15) is 8.42 Å². The number of hydrazone groups is 1. The number of benzene rings is 1. The van der Waals surface area contributed by atoms with Crippen LogP contribution in [0.4, 0.5) is 0 Å². The first-order valence-corrected chi connectivity index (χ1v) is 12.3. The molecule has 0 heterocycles. The van der Waals surface area contributed by atoms with Crippen LogP contribution in [0, 0.1) is 12.8 Å². The highest BCUT2D eigenvalue weighted by Crippen LogP contribution is 2.35. The van der Waals surface area contributed by atoms with Crippen LogP contribution in [0.2, 0.25) is 0 Å². The number of nitrogens with zero attached hydrogens (tertiary/aromatic N) is 1. The summed E-state index contributed by atoms with van der Waals surface area (Å²) in [5.41, 5.74) is 4.85. The Labute approximate surface area is 170 Å². The zero-order valence-corrected chi connectivity index (χ0v) is 18.2. The van der Waals surface area contributed by atoms with E-state index in [4.69, 9.17) is 0 Å². The Morgan fingerprint density at radius 3 is 2.11 bits per heavy atom. The number of allylic oxidation sites excluding steroid dienone is 2. The summed E-state index contributed by atoms with van der Waals surface area (Å²) in [5, 5.41) is 4.45. The molecule has 1 aromatic carbocycles. The van der Waals surface area contributed by atoms with Crippen molar-refractivity contribution >= 4 is 15.7 Å². The number of hydrogen-bond donors (Lipinski definition) is 1. The van der Waals surface area contributed by atoms with Gasteiger partial charge < -0.3 is 0 Å². The molecule has 3 rings (SSSR count). The fourth-order valence-corrected chi connectivity index (χ4v) is 5.20. The summed E-state index contributed by atoms with van der Waals surface area (Å²) in [5.74, 6) is 0.288. The minimum absolute atomic E-state index is 0.265. The van der Waals surface area contributed by atoms with Gasteiger partial charge in [-0.2, -0.15) is 18.4 Å². The second-order valence-corrected chi connectivity index (χ2v) is 10.1. The molecule has 5 heteroatoms. The minimum atomic E-state index is -3.63. The molecular formula is C23H34N2O2S. The van der Waals surface area contributed by atoms with Crippen LogP contribution in [0.5, 0.6) is 0 Å². The first kappa shape index (κ1) is 21.1. The highest BCUT2D eigenvalue weighted by atomic mass is 32.2. The van der Waals surface area contributed by atoms with Gasteiger partial charge in [0.25, 0.3) is 10.0 Å². The van der Waals surface area contributed by atoms with Crippen LogP contribution < -0.4 is 4.83 Å². The molecule has 0 saturated heterocycles. The first-order chi connectivity index (χ1) is 13.5. The number of rotatable bonds is 3. The molecule has 2 aliphatic carbocycles. The van der Waals surface area contributed by atoms with Crippen molar-refractivity contribution in [3.8, 4) is 0 Å². The van der Waals surface area contributed by atoms with Crippen LogP contribution in [0.25, 0.3) is 0 Å². The van der Waals surface area contributed by atoms with Crippen molar-refractivity contribution in [3.63, 3.8) is 0 Å². The molecule has 0 aromatic heterocycles. The van der Waals surface area contributed by atoms with Crippen LogP contribution >= 0.6 is 0 Å². The van der Waals surface area contributed by atoms with E-state index in [1.54, 1.807) is 12.1 Å². The monoisotopic (exact) mass is 402 g/mol. The average Bonchev–Trinajstić information content (AvgIpc) is 2.95. The molecule has 4 nitrogen and oxygen atoms in total. The van der Waals surface area contributed by atoms with Gasteiger partial charge in [-0.15, -0.1) is 0 Å². The summed E-state index contributed by atoms with van der Waals surface area (Å²) in [6.07, 6.45) is 13.6. The lowest BCUT2D eigenvalue weighted by atomic mass is 9.96. The predicted molar refractivity (Wildman–Crippen MR) is 116 cm³/mol. The number of hydrogen-bond acceptors (Lipinski definition) is 3. The van der Waals surface area contributed by atoms with Crippen LogP contribution in [0.15, 0.2) is 45.4 Å². The molecular weight excluding hydrogens is 368 g/mol. The maximum Gasteiger partial charge on any atom is 0.276 e. The molecule has 1 aromatic rings. The van der Waals surface area contributed by atoms with Gasteiger partial charge in [-0.05, 0) is 56.7 Å². The van der Waals surface area contributed by atoms with Gasteiger partial charge in [0.15, 0.2) is 0 Å². The Balaban J connectivity index is 1.79. The quantitative estimate of drug-likeness (QED) is 0.642. The largest absolute Gasteiger partial charge is 0.276 e. The molecule has 0 fully saturated rings. The van der Waals surface area contributed by atoms with E-state index in [1.807, 2.05) is 19.1 Å². The number of nitrogens with one attached hydrogen (secondary N) is 1. The fraction of sp³-hybridized carbons (Fsp3) is 0.609. The van der Waals surface area contributed by atoms with Crippen molar-refractivity contribution in [2.24, 2.45) is 11.0 Å². The second-order valence-electron chi connectivity index (χ2n) is 8.42. The molecule has 28 heavy (non-hydrogen) atoms. The van der Waals surface area contributed by atoms with Gasteiger partial charge in [0.05, 0.1) is 10.6 Å². The van der Waals surface area contributed by atoms with Crippen molar-refractivity contribution in [2.45, 2.75) is 89.4 Å². The van der Waals surface area contributed by atoms with Crippen LogP contribution in [-0.2, 0) is 10.0 Å². The highest BCUT2D eigenvalue weighted by Gasteiger charge is 2.28. The first-order valence-electron chi connectivity index (χ1n) is 10.8. The van der Waals surface area contributed by atoms with E-state index in [2.05, 4.69) is 16.9 Å². The van der Waals surface area contributed by atoms with Crippen molar-refractivity contribution in [1.82, 2.24) is 4.83 Å². The molecule has 0 bridgehead atoms. The van der Waals surface area contributed by atoms with Crippen LogP contribution in [0.1, 0.15) is 83.1 Å². The topological polar surface area (TPSA) is 58.5 Å². The zero-order chi connectivity index (χ0) is 20.0. The Morgan fingerprint density at radius 2 is 1.46 bits per heavy atom. The fourth-order valence-electron chi connectivity index (χ4n) is 4.38. The molecule has 0 radical (unpaired) electrons. The second kappa shape index (κ2) is 9.73. The molecule has 1 atom stereocenters. The van der Waals surface area contributed by atoms with Crippen LogP contribution in [-0.4, -0.2) is 14.1 Å². The predicted octanol–water partition coefficient (Wildman–Crippen LogP) is 5.88. The van der Waals surface area contributed by atoms with Gasteiger partial charge in [0.2, 0.25) is 0 Å². The molecule has 154 valence electrons. The summed E-state index contributed by atoms with van der Waals surface area (Å²) in [4.78, 5) is 2.78. The van der Waals surface area contributed by atoms with E-state index in [1.165, 1.54) is 62.5 Å². The van der Waals surface area contributed by atoms with E-state index in [-0.39, 0.29) is 10.8 Å². The highest BCUT2D eigenvalue weighted by molar-refractivity contribution is 7.89. The van der Waals surface area contributed by atoms with E-state index in [0.29, 0.717) is 0 Å². The van der Waals surface area contributed by atoms with Crippen molar-refractivity contribution in [1.29, 1.82) is 0 Å². The molecule has 1 unspecified atom stereocenters. The third kappa shape index (κ3) is 5.47. The standard InChI is InChI=1S/C23H34N2O2S/c1-18-13-15-21(16-14-18)28(26,27)25-24-23-19(2)17-20-11-9-7-5-3-4-6-8-10-12-22(20)23/h13-16,19,25H,3-12,17H2,1-2H3. The smallest absolute Gasteiger partial charge is 0.200 e. The lowest BCUT2D eigenvalue weighted by Gasteiger charge is -2.12. The van der Waals surface area contributed by atoms with E-state index >= 15 is 0 Å². The normalized spacial score (nSPS) is 23.8. The Hall–Kier alpha value is -1.62. The Bertz CT molecular complexity index is 823. The van der Waals surface area contributed by atoms with E-state index in [0.717, 1.165) is 30.5 Å². The van der Waals surface area contributed by atoms with Crippen LogP contribution in [0.3, 0.4) is 0 Å². The minimum Gasteiger partial charge on any atom is -0.200 e. The number of sulfonamides is 1. The lowest BCUT2D eigenvalue weighted by molar-refractivity contribution is 0.558. The van der Waals surface area contributed by atoms with E-state index < -0.39 is 10.0 Å². The Morgan fingerprint density at radius 1 is 0.893 bits per heavy atom.